The maximum Gasteiger partial charge on any atom is 0.320 e. The lowest BCUT2D eigenvalue weighted by atomic mass is 9.85. The van der Waals surface area contributed by atoms with Crippen molar-refractivity contribution in [1.82, 2.24) is 4.90 Å². The summed E-state index contributed by atoms with van der Waals surface area (Å²) in [5.41, 5.74) is 0.401. The first-order chi connectivity index (χ1) is 7.46. The third-order valence-electron chi connectivity index (χ3n) is 3.90. The van der Waals surface area contributed by atoms with Crippen LogP contribution in [0.2, 0.25) is 0 Å². The van der Waals surface area contributed by atoms with Crippen LogP contribution in [0.15, 0.2) is 0 Å². The highest BCUT2D eigenvalue weighted by Gasteiger charge is 2.30. The van der Waals surface area contributed by atoms with Crippen LogP contribution >= 0.6 is 0 Å². The second-order valence-electron chi connectivity index (χ2n) is 5.65. The van der Waals surface area contributed by atoms with E-state index in [1.165, 1.54) is 12.8 Å². The van der Waals surface area contributed by atoms with Gasteiger partial charge in [-0.05, 0) is 44.2 Å². The molecule has 1 saturated heterocycles. The smallest absolute Gasteiger partial charge is 0.320 e. The van der Waals surface area contributed by atoms with Gasteiger partial charge < -0.3 is 5.11 Å². The van der Waals surface area contributed by atoms with Gasteiger partial charge in [0.15, 0.2) is 0 Å². The second kappa shape index (κ2) is 5.67. The fourth-order valence-corrected chi connectivity index (χ4v) is 2.31. The highest BCUT2D eigenvalue weighted by Crippen LogP contribution is 2.27. The molecule has 0 aromatic heterocycles. The van der Waals surface area contributed by atoms with Crippen molar-refractivity contribution in [2.24, 2.45) is 5.41 Å². The summed E-state index contributed by atoms with van der Waals surface area (Å²) in [6.45, 7) is 8.69. The molecule has 1 aliphatic heterocycles. The van der Waals surface area contributed by atoms with Gasteiger partial charge in [-0.2, -0.15) is 0 Å². The molecule has 0 spiro atoms. The van der Waals surface area contributed by atoms with Crippen molar-refractivity contribution in [3.05, 3.63) is 0 Å². The van der Waals surface area contributed by atoms with Gasteiger partial charge >= 0.3 is 5.97 Å². The molecule has 1 fully saturated rings. The fraction of sp³-hybridized carbons (Fsp3) is 0.923. The molecule has 0 saturated carbocycles. The lowest BCUT2D eigenvalue weighted by Gasteiger charge is -2.25. The Kier molecular flexibility index (Phi) is 4.78. The Morgan fingerprint density at radius 1 is 1.50 bits per heavy atom. The predicted molar refractivity (Wildman–Crippen MR) is 65.5 cm³/mol. The molecule has 0 aliphatic carbocycles. The number of hydrogen-bond acceptors (Lipinski definition) is 2. The van der Waals surface area contributed by atoms with Crippen LogP contribution in [0.1, 0.15) is 52.9 Å². The highest BCUT2D eigenvalue weighted by atomic mass is 16.4. The van der Waals surface area contributed by atoms with E-state index in [2.05, 4.69) is 25.7 Å². The van der Waals surface area contributed by atoms with Crippen molar-refractivity contribution in [3.8, 4) is 0 Å². The van der Waals surface area contributed by atoms with Crippen LogP contribution in [0.4, 0.5) is 0 Å². The summed E-state index contributed by atoms with van der Waals surface area (Å²) >= 11 is 0. The molecule has 94 valence electrons. The third-order valence-corrected chi connectivity index (χ3v) is 3.90. The Morgan fingerprint density at radius 3 is 2.75 bits per heavy atom. The molecule has 1 heterocycles. The van der Waals surface area contributed by atoms with Gasteiger partial charge in [-0.3, -0.25) is 9.69 Å². The average molecular weight is 227 g/mol. The van der Waals surface area contributed by atoms with E-state index in [9.17, 15) is 4.79 Å². The zero-order valence-electron chi connectivity index (χ0n) is 10.8. The molecule has 0 bridgehead atoms. The minimum Gasteiger partial charge on any atom is -0.480 e. The number of hydrogen-bond donors (Lipinski definition) is 1. The molecular formula is C13H25NO2. The van der Waals surface area contributed by atoms with Gasteiger partial charge in [0.2, 0.25) is 0 Å². The molecule has 1 rings (SSSR count). The summed E-state index contributed by atoms with van der Waals surface area (Å²) < 4.78 is 0. The molecule has 0 aromatic rings. The lowest BCUT2D eigenvalue weighted by molar-refractivity contribution is -0.142. The maximum atomic E-state index is 11.0. The summed E-state index contributed by atoms with van der Waals surface area (Å²) in [4.78, 5) is 13.1. The molecule has 0 unspecified atom stereocenters. The van der Waals surface area contributed by atoms with E-state index in [-0.39, 0.29) is 6.04 Å². The Labute approximate surface area is 98.8 Å². The van der Waals surface area contributed by atoms with E-state index >= 15 is 0 Å². The van der Waals surface area contributed by atoms with Crippen LogP contribution in [-0.4, -0.2) is 35.1 Å². The van der Waals surface area contributed by atoms with Crippen molar-refractivity contribution in [2.75, 3.05) is 13.1 Å². The fourth-order valence-electron chi connectivity index (χ4n) is 2.31. The number of nitrogens with zero attached hydrogens (tertiary/aromatic N) is 1. The number of carboxylic acids is 1. The van der Waals surface area contributed by atoms with Gasteiger partial charge in [0, 0.05) is 0 Å². The molecule has 1 aliphatic rings. The molecular weight excluding hydrogens is 202 g/mol. The van der Waals surface area contributed by atoms with Gasteiger partial charge in [0.05, 0.1) is 0 Å². The molecule has 0 aromatic carbocycles. The third kappa shape index (κ3) is 3.78. The maximum absolute atomic E-state index is 11.0. The Bertz CT molecular complexity index is 238. The summed E-state index contributed by atoms with van der Waals surface area (Å²) in [7, 11) is 0. The van der Waals surface area contributed by atoms with Crippen molar-refractivity contribution < 1.29 is 9.90 Å². The van der Waals surface area contributed by atoms with Gasteiger partial charge in [-0.15, -0.1) is 0 Å². The molecule has 1 N–H and O–H groups in total. The lowest BCUT2D eigenvalue weighted by Crippen LogP contribution is -2.36. The summed E-state index contributed by atoms with van der Waals surface area (Å²) in [5, 5.41) is 9.05. The number of aliphatic carboxylic acids is 1. The second-order valence-corrected chi connectivity index (χ2v) is 5.65. The standard InChI is InChI=1S/C13H25NO2/c1-4-13(2,3)8-6-10-14-9-5-7-11(14)12(15)16/h11H,4-10H2,1-3H3,(H,15,16)/t11-/m0/s1. The highest BCUT2D eigenvalue weighted by molar-refractivity contribution is 5.73. The number of carboxylic acid groups (broad SMARTS) is 1. The van der Waals surface area contributed by atoms with Crippen LogP contribution in [-0.2, 0) is 4.79 Å². The van der Waals surface area contributed by atoms with E-state index < -0.39 is 5.97 Å². The van der Waals surface area contributed by atoms with Gasteiger partial charge in [-0.25, -0.2) is 0 Å². The van der Waals surface area contributed by atoms with E-state index in [4.69, 9.17) is 5.11 Å². The Balaban J connectivity index is 2.30. The molecule has 0 radical (unpaired) electrons. The van der Waals surface area contributed by atoms with Crippen LogP contribution in [0.5, 0.6) is 0 Å². The van der Waals surface area contributed by atoms with Gasteiger partial charge in [0.25, 0.3) is 0 Å². The molecule has 1 atom stereocenters. The predicted octanol–water partition coefficient (Wildman–Crippen LogP) is 2.75. The van der Waals surface area contributed by atoms with E-state index in [0.717, 1.165) is 32.4 Å². The van der Waals surface area contributed by atoms with Gasteiger partial charge in [-0.1, -0.05) is 27.2 Å². The van der Waals surface area contributed by atoms with Crippen LogP contribution < -0.4 is 0 Å². The SMILES string of the molecule is CCC(C)(C)CCCN1CCC[C@H]1C(=O)O. The first-order valence-corrected chi connectivity index (χ1v) is 6.43. The topological polar surface area (TPSA) is 40.5 Å². The largest absolute Gasteiger partial charge is 0.480 e. The van der Waals surface area contributed by atoms with Crippen molar-refractivity contribution in [2.45, 2.75) is 58.9 Å². The number of likely N-dealkylation sites (tertiary alicyclic amines) is 1. The van der Waals surface area contributed by atoms with Gasteiger partial charge in [0.1, 0.15) is 6.04 Å². The minimum absolute atomic E-state index is 0.218. The first kappa shape index (κ1) is 13.5. The summed E-state index contributed by atoms with van der Waals surface area (Å²) in [6.07, 6.45) is 5.35. The number of rotatable bonds is 6. The zero-order chi connectivity index (χ0) is 12.2. The monoisotopic (exact) mass is 227 g/mol. The zero-order valence-corrected chi connectivity index (χ0v) is 10.8. The van der Waals surface area contributed by atoms with E-state index in [1.54, 1.807) is 0 Å². The van der Waals surface area contributed by atoms with Crippen molar-refractivity contribution in [1.29, 1.82) is 0 Å². The molecule has 3 heteroatoms. The van der Waals surface area contributed by atoms with Crippen LogP contribution in [0.25, 0.3) is 0 Å². The van der Waals surface area contributed by atoms with E-state index in [0.29, 0.717) is 5.41 Å². The average Bonchev–Trinajstić information content (AvgIpc) is 2.66. The van der Waals surface area contributed by atoms with E-state index in [1.807, 2.05) is 0 Å². The van der Waals surface area contributed by atoms with Crippen molar-refractivity contribution in [3.63, 3.8) is 0 Å². The number of carbonyl (C=O) groups is 1. The van der Waals surface area contributed by atoms with Crippen LogP contribution in [0, 0.1) is 5.41 Å². The normalized spacial score (nSPS) is 22.6. The molecule has 3 nitrogen and oxygen atoms in total. The summed E-state index contributed by atoms with van der Waals surface area (Å²) in [5.74, 6) is -0.646. The first-order valence-electron chi connectivity index (χ1n) is 6.43. The summed E-state index contributed by atoms with van der Waals surface area (Å²) in [6, 6.07) is -0.218. The minimum atomic E-state index is -0.646. The van der Waals surface area contributed by atoms with Crippen LogP contribution in [0.3, 0.4) is 0 Å². The Hall–Kier alpha value is -0.570. The Morgan fingerprint density at radius 2 is 2.19 bits per heavy atom. The molecule has 16 heavy (non-hydrogen) atoms. The molecule has 0 amide bonds. The quantitative estimate of drug-likeness (QED) is 0.758. The van der Waals surface area contributed by atoms with Crippen molar-refractivity contribution >= 4 is 5.97 Å².